The summed E-state index contributed by atoms with van der Waals surface area (Å²) >= 11 is 10.9. The number of hydrogen-bond donors (Lipinski definition) is 1. The molecular weight excluding hydrogens is 351 g/mol. The minimum atomic E-state index is -0.260. The van der Waals surface area contributed by atoms with Gasteiger partial charge in [0.1, 0.15) is 5.82 Å². The monoisotopic (exact) mass is 356 g/mol. The van der Waals surface area contributed by atoms with E-state index in [1.807, 2.05) is 12.1 Å². The van der Waals surface area contributed by atoms with Gasteiger partial charge in [0.15, 0.2) is 5.13 Å². The van der Waals surface area contributed by atoms with Crippen molar-refractivity contribution in [3.63, 3.8) is 0 Å². The molecule has 0 radical (unpaired) electrons. The van der Waals surface area contributed by atoms with Crippen molar-refractivity contribution in [2.24, 2.45) is 0 Å². The summed E-state index contributed by atoms with van der Waals surface area (Å²) in [6, 6.07) is 10.1. The molecule has 0 unspecified atom stereocenters. The highest BCUT2D eigenvalue weighted by molar-refractivity contribution is 9.10. The van der Waals surface area contributed by atoms with Crippen molar-refractivity contribution >= 4 is 59.9 Å². The molecule has 3 aromatic rings. The van der Waals surface area contributed by atoms with Gasteiger partial charge in [-0.25, -0.2) is 9.37 Å². The average molecular weight is 358 g/mol. The van der Waals surface area contributed by atoms with Crippen LogP contribution in [0.4, 0.5) is 15.2 Å². The highest BCUT2D eigenvalue weighted by atomic mass is 79.9. The number of anilines is 2. The first-order valence-corrected chi connectivity index (χ1v) is 7.39. The van der Waals surface area contributed by atoms with Gasteiger partial charge in [0, 0.05) is 4.47 Å². The van der Waals surface area contributed by atoms with Crippen molar-refractivity contribution in [3.05, 3.63) is 51.7 Å². The molecule has 0 fully saturated rings. The van der Waals surface area contributed by atoms with Gasteiger partial charge in [-0.2, -0.15) is 0 Å². The zero-order valence-electron chi connectivity index (χ0n) is 9.45. The van der Waals surface area contributed by atoms with Crippen LogP contribution >= 0.6 is 38.9 Å². The van der Waals surface area contributed by atoms with Crippen LogP contribution in [0.1, 0.15) is 0 Å². The SMILES string of the molecule is Fc1ccc2nc(Nc3ccc(Br)cc3Cl)sc2c1. The molecule has 1 heterocycles. The Labute approximate surface area is 126 Å². The van der Waals surface area contributed by atoms with Crippen LogP contribution in [0.25, 0.3) is 10.2 Å². The number of benzene rings is 2. The van der Waals surface area contributed by atoms with Crippen molar-refractivity contribution in [1.29, 1.82) is 0 Å². The predicted molar refractivity (Wildman–Crippen MR) is 82.0 cm³/mol. The van der Waals surface area contributed by atoms with E-state index < -0.39 is 0 Å². The molecule has 0 aliphatic carbocycles. The van der Waals surface area contributed by atoms with Crippen LogP contribution in [0.3, 0.4) is 0 Å². The average Bonchev–Trinajstić information content (AvgIpc) is 2.74. The molecule has 0 bridgehead atoms. The topological polar surface area (TPSA) is 24.9 Å². The zero-order valence-corrected chi connectivity index (χ0v) is 12.6. The van der Waals surface area contributed by atoms with E-state index in [0.29, 0.717) is 10.2 Å². The van der Waals surface area contributed by atoms with Gasteiger partial charge >= 0.3 is 0 Å². The second kappa shape index (κ2) is 5.07. The molecule has 19 heavy (non-hydrogen) atoms. The molecule has 3 rings (SSSR count). The smallest absolute Gasteiger partial charge is 0.188 e. The van der Waals surface area contributed by atoms with E-state index in [2.05, 4.69) is 26.2 Å². The van der Waals surface area contributed by atoms with Crippen molar-refractivity contribution < 1.29 is 4.39 Å². The first-order valence-electron chi connectivity index (χ1n) is 5.40. The second-order valence-corrected chi connectivity index (χ2v) is 6.23. The van der Waals surface area contributed by atoms with Crippen LogP contribution in [-0.4, -0.2) is 4.98 Å². The van der Waals surface area contributed by atoms with Crippen LogP contribution < -0.4 is 5.32 Å². The summed E-state index contributed by atoms with van der Waals surface area (Å²) in [5, 5.41) is 4.42. The molecule has 96 valence electrons. The molecule has 2 aromatic carbocycles. The Bertz CT molecular complexity index is 759. The highest BCUT2D eigenvalue weighted by Gasteiger charge is 2.07. The minimum Gasteiger partial charge on any atom is -0.330 e. The first kappa shape index (κ1) is 12.8. The molecule has 1 N–H and O–H groups in total. The lowest BCUT2D eigenvalue weighted by molar-refractivity contribution is 0.630. The van der Waals surface area contributed by atoms with Gasteiger partial charge in [-0.3, -0.25) is 0 Å². The van der Waals surface area contributed by atoms with Crippen LogP contribution in [0, 0.1) is 5.82 Å². The highest BCUT2D eigenvalue weighted by Crippen LogP contribution is 2.32. The predicted octanol–water partition coefficient (Wildman–Crippen LogP) is 5.59. The van der Waals surface area contributed by atoms with E-state index in [4.69, 9.17) is 11.6 Å². The van der Waals surface area contributed by atoms with Crippen LogP contribution in [-0.2, 0) is 0 Å². The number of nitrogens with one attached hydrogen (secondary N) is 1. The van der Waals surface area contributed by atoms with Gasteiger partial charge in [-0.15, -0.1) is 0 Å². The van der Waals surface area contributed by atoms with Crippen LogP contribution in [0.15, 0.2) is 40.9 Å². The molecule has 0 saturated heterocycles. The van der Waals surface area contributed by atoms with Gasteiger partial charge in [0.2, 0.25) is 0 Å². The molecule has 6 heteroatoms. The number of aromatic nitrogens is 1. The maximum Gasteiger partial charge on any atom is 0.188 e. The molecule has 0 amide bonds. The molecule has 1 aromatic heterocycles. The van der Waals surface area contributed by atoms with Crippen molar-refractivity contribution in [2.45, 2.75) is 0 Å². The van der Waals surface area contributed by atoms with Gasteiger partial charge in [0.05, 0.1) is 20.9 Å². The first-order chi connectivity index (χ1) is 9.11. The van der Waals surface area contributed by atoms with E-state index in [0.717, 1.165) is 20.4 Å². The van der Waals surface area contributed by atoms with Gasteiger partial charge in [-0.05, 0) is 36.4 Å². The summed E-state index contributed by atoms with van der Waals surface area (Å²) in [4.78, 5) is 4.38. The van der Waals surface area contributed by atoms with E-state index in [-0.39, 0.29) is 5.82 Å². The normalized spacial score (nSPS) is 10.9. The third-order valence-corrected chi connectivity index (χ3v) is 4.26. The molecule has 0 saturated carbocycles. The van der Waals surface area contributed by atoms with Crippen molar-refractivity contribution in [1.82, 2.24) is 4.98 Å². The van der Waals surface area contributed by atoms with E-state index in [9.17, 15) is 4.39 Å². The lowest BCUT2D eigenvalue weighted by atomic mass is 10.3. The van der Waals surface area contributed by atoms with Crippen molar-refractivity contribution in [2.75, 3.05) is 5.32 Å². The van der Waals surface area contributed by atoms with Gasteiger partial charge in [0.25, 0.3) is 0 Å². The number of thiazole rings is 1. The Morgan fingerprint density at radius 2 is 2.05 bits per heavy atom. The molecule has 0 atom stereocenters. The molecular formula is C13H7BrClFN2S. The lowest BCUT2D eigenvalue weighted by Crippen LogP contribution is -1.89. The summed E-state index contributed by atoms with van der Waals surface area (Å²) in [7, 11) is 0. The number of hydrogen-bond acceptors (Lipinski definition) is 3. The van der Waals surface area contributed by atoms with E-state index >= 15 is 0 Å². The van der Waals surface area contributed by atoms with Crippen LogP contribution in [0.5, 0.6) is 0 Å². The number of halogens is 3. The molecule has 2 nitrogen and oxygen atoms in total. The minimum absolute atomic E-state index is 0.260. The number of nitrogens with zero attached hydrogens (tertiary/aromatic N) is 1. The summed E-state index contributed by atoms with van der Waals surface area (Å²) in [5.74, 6) is -0.260. The second-order valence-electron chi connectivity index (χ2n) is 3.88. The Morgan fingerprint density at radius 3 is 2.84 bits per heavy atom. The van der Waals surface area contributed by atoms with E-state index in [1.54, 1.807) is 12.1 Å². The Balaban J connectivity index is 1.96. The summed E-state index contributed by atoms with van der Waals surface area (Å²) in [5.41, 5.74) is 1.53. The maximum atomic E-state index is 13.1. The van der Waals surface area contributed by atoms with Crippen LogP contribution in [0.2, 0.25) is 5.02 Å². The standard InChI is InChI=1S/C13H7BrClFN2S/c14-7-1-3-10(9(15)5-7)17-13-18-11-4-2-8(16)6-12(11)19-13/h1-6H,(H,17,18). The summed E-state index contributed by atoms with van der Waals surface area (Å²) in [6.45, 7) is 0. The Hall–Kier alpha value is -1.17. The Morgan fingerprint density at radius 1 is 1.21 bits per heavy atom. The molecule has 0 aliphatic heterocycles. The fourth-order valence-electron chi connectivity index (χ4n) is 1.66. The fourth-order valence-corrected chi connectivity index (χ4v) is 3.28. The number of fused-ring (bicyclic) bond motifs is 1. The maximum absolute atomic E-state index is 13.1. The fraction of sp³-hybridized carbons (Fsp3) is 0. The zero-order chi connectivity index (χ0) is 13.4. The largest absolute Gasteiger partial charge is 0.330 e. The summed E-state index contributed by atoms with van der Waals surface area (Å²) in [6.07, 6.45) is 0. The third kappa shape index (κ3) is 2.73. The summed E-state index contributed by atoms with van der Waals surface area (Å²) < 4.78 is 14.8. The van der Waals surface area contributed by atoms with Gasteiger partial charge < -0.3 is 5.32 Å². The lowest BCUT2D eigenvalue weighted by Gasteiger charge is -2.04. The quantitative estimate of drug-likeness (QED) is 0.646. The Kier molecular flexibility index (Phi) is 3.43. The molecule has 0 spiro atoms. The third-order valence-electron chi connectivity index (χ3n) is 2.52. The molecule has 0 aliphatic rings. The van der Waals surface area contributed by atoms with E-state index in [1.165, 1.54) is 23.5 Å². The number of rotatable bonds is 2. The van der Waals surface area contributed by atoms with Gasteiger partial charge in [-0.1, -0.05) is 38.9 Å². The van der Waals surface area contributed by atoms with Crippen molar-refractivity contribution in [3.8, 4) is 0 Å².